The molecule has 0 fully saturated rings. The van der Waals surface area contributed by atoms with Gasteiger partial charge in [-0.15, -0.1) is 0 Å². The second-order valence-corrected chi connectivity index (χ2v) is 9.57. The Morgan fingerprint density at radius 2 is 1.50 bits per heavy atom. The predicted octanol–water partition coefficient (Wildman–Crippen LogP) is 3.39. The fraction of sp³-hybridized carbons (Fsp3) is 0.500. The molecule has 0 atom stereocenters. The smallest absolute Gasteiger partial charge is 0.224 e. The Labute approximate surface area is 180 Å². The molecule has 6 heteroatoms. The second kappa shape index (κ2) is 9.37. The van der Waals surface area contributed by atoms with Crippen LogP contribution in [0.4, 0.5) is 0 Å². The number of nitrogens with one attached hydrogen (secondary N) is 1. The van der Waals surface area contributed by atoms with E-state index < -0.39 is 0 Å². The predicted molar refractivity (Wildman–Crippen MR) is 119 cm³/mol. The van der Waals surface area contributed by atoms with Gasteiger partial charge < -0.3 is 10.2 Å². The molecule has 0 spiro atoms. The fourth-order valence-electron chi connectivity index (χ4n) is 2.93. The van der Waals surface area contributed by atoms with Gasteiger partial charge in [0.1, 0.15) is 0 Å². The standard InChI is InChI=1S/C24H34N4O2/c1-17(29)28(7)15-19-9-11-21(26-14-19)24(5,6)16-27-22(30)12-18-8-10-20(25-13-18)23(2,3)4/h8-11,13-14H,12,15-16H2,1-7H3,(H,27,30). The van der Waals surface area contributed by atoms with Gasteiger partial charge in [0.05, 0.1) is 6.42 Å². The van der Waals surface area contributed by atoms with Gasteiger partial charge >= 0.3 is 0 Å². The Bertz CT molecular complexity index is 866. The van der Waals surface area contributed by atoms with Crippen LogP contribution in [0.1, 0.15) is 64.1 Å². The van der Waals surface area contributed by atoms with Crippen molar-refractivity contribution >= 4 is 11.8 Å². The zero-order valence-electron chi connectivity index (χ0n) is 19.2. The minimum Gasteiger partial charge on any atom is -0.355 e. The van der Waals surface area contributed by atoms with Gasteiger partial charge in [0.2, 0.25) is 11.8 Å². The van der Waals surface area contributed by atoms with E-state index in [0.29, 0.717) is 19.5 Å². The summed E-state index contributed by atoms with van der Waals surface area (Å²) in [5.74, 6) is -0.0153. The van der Waals surface area contributed by atoms with Crippen molar-refractivity contribution in [3.05, 3.63) is 59.2 Å². The number of amides is 2. The van der Waals surface area contributed by atoms with Crippen molar-refractivity contribution in [3.8, 4) is 0 Å². The van der Waals surface area contributed by atoms with E-state index in [1.807, 2.05) is 24.3 Å². The summed E-state index contributed by atoms with van der Waals surface area (Å²) >= 11 is 0. The average Bonchev–Trinajstić information content (AvgIpc) is 2.66. The third-order valence-electron chi connectivity index (χ3n) is 5.16. The lowest BCUT2D eigenvalue weighted by Crippen LogP contribution is -2.38. The van der Waals surface area contributed by atoms with Gasteiger partial charge in [-0.05, 0) is 23.3 Å². The normalized spacial score (nSPS) is 11.8. The van der Waals surface area contributed by atoms with Gasteiger partial charge in [0.25, 0.3) is 0 Å². The largest absolute Gasteiger partial charge is 0.355 e. The summed E-state index contributed by atoms with van der Waals surface area (Å²) in [5.41, 5.74) is 3.46. The van der Waals surface area contributed by atoms with Crippen LogP contribution >= 0.6 is 0 Å². The molecule has 0 bridgehead atoms. The van der Waals surface area contributed by atoms with E-state index in [1.54, 1.807) is 31.3 Å². The first-order chi connectivity index (χ1) is 13.9. The lowest BCUT2D eigenvalue weighted by molar-refractivity contribution is -0.128. The van der Waals surface area contributed by atoms with Crippen LogP contribution in [-0.2, 0) is 33.4 Å². The van der Waals surface area contributed by atoms with Crippen molar-refractivity contribution in [1.82, 2.24) is 20.2 Å². The molecule has 0 radical (unpaired) electrons. The summed E-state index contributed by atoms with van der Waals surface area (Å²) < 4.78 is 0. The highest BCUT2D eigenvalue weighted by atomic mass is 16.2. The van der Waals surface area contributed by atoms with E-state index in [9.17, 15) is 9.59 Å². The van der Waals surface area contributed by atoms with Crippen molar-refractivity contribution in [2.75, 3.05) is 13.6 Å². The number of hydrogen-bond acceptors (Lipinski definition) is 4. The molecule has 30 heavy (non-hydrogen) atoms. The summed E-state index contributed by atoms with van der Waals surface area (Å²) in [6.07, 6.45) is 3.88. The summed E-state index contributed by atoms with van der Waals surface area (Å²) in [7, 11) is 1.77. The highest BCUT2D eigenvalue weighted by molar-refractivity contribution is 5.78. The molecule has 162 valence electrons. The number of carbonyl (C=O) groups is 2. The van der Waals surface area contributed by atoms with E-state index in [4.69, 9.17) is 0 Å². The Kier molecular flexibility index (Phi) is 7.34. The van der Waals surface area contributed by atoms with Gasteiger partial charge in [-0.3, -0.25) is 19.6 Å². The zero-order chi connectivity index (χ0) is 22.5. The Balaban J connectivity index is 1.92. The number of nitrogens with zero attached hydrogens (tertiary/aromatic N) is 3. The van der Waals surface area contributed by atoms with E-state index in [2.05, 4.69) is 49.9 Å². The zero-order valence-corrected chi connectivity index (χ0v) is 19.2. The van der Waals surface area contributed by atoms with Crippen molar-refractivity contribution < 1.29 is 9.59 Å². The fourth-order valence-corrected chi connectivity index (χ4v) is 2.93. The highest BCUT2D eigenvalue weighted by Crippen LogP contribution is 2.21. The molecule has 0 aliphatic carbocycles. The van der Waals surface area contributed by atoms with E-state index >= 15 is 0 Å². The molecule has 6 nitrogen and oxygen atoms in total. The maximum Gasteiger partial charge on any atom is 0.224 e. The molecule has 1 N–H and O–H groups in total. The van der Waals surface area contributed by atoms with Gasteiger partial charge in [-0.25, -0.2) is 0 Å². The van der Waals surface area contributed by atoms with Crippen LogP contribution in [0.15, 0.2) is 36.7 Å². The topological polar surface area (TPSA) is 75.2 Å². The van der Waals surface area contributed by atoms with E-state index in [1.165, 1.54) is 0 Å². The third kappa shape index (κ3) is 6.65. The van der Waals surface area contributed by atoms with E-state index in [0.717, 1.165) is 22.5 Å². The number of rotatable bonds is 7. The number of pyridine rings is 2. The summed E-state index contributed by atoms with van der Waals surface area (Å²) in [5, 5.41) is 3.02. The SMILES string of the molecule is CC(=O)N(C)Cc1ccc(C(C)(C)CNC(=O)Cc2ccc(C(C)(C)C)nc2)nc1. The number of aromatic nitrogens is 2. The molecule has 2 aromatic heterocycles. The first-order valence-electron chi connectivity index (χ1n) is 10.3. The highest BCUT2D eigenvalue weighted by Gasteiger charge is 2.23. The molecule has 2 heterocycles. The van der Waals surface area contributed by atoms with E-state index in [-0.39, 0.29) is 22.6 Å². The molecule has 2 rings (SSSR count). The van der Waals surface area contributed by atoms with Gasteiger partial charge in [0.15, 0.2) is 0 Å². The molecule has 0 saturated heterocycles. The molecule has 0 saturated carbocycles. The van der Waals surface area contributed by atoms with Crippen LogP contribution in [0.3, 0.4) is 0 Å². The Morgan fingerprint density at radius 3 is 2.00 bits per heavy atom. The molecular weight excluding hydrogens is 376 g/mol. The van der Waals surface area contributed by atoms with Gasteiger partial charge in [-0.2, -0.15) is 0 Å². The van der Waals surface area contributed by atoms with Crippen LogP contribution in [0.2, 0.25) is 0 Å². The monoisotopic (exact) mass is 410 g/mol. The third-order valence-corrected chi connectivity index (χ3v) is 5.16. The van der Waals surface area contributed by atoms with Crippen LogP contribution in [0.5, 0.6) is 0 Å². The lowest BCUT2D eigenvalue weighted by atomic mass is 9.88. The summed E-state index contributed by atoms with van der Waals surface area (Å²) in [6, 6.07) is 7.90. The minimum atomic E-state index is -0.311. The minimum absolute atomic E-state index is 0.00511. The van der Waals surface area contributed by atoms with Crippen molar-refractivity contribution in [3.63, 3.8) is 0 Å². The van der Waals surface area contributed by atoms with Crippen LogP contribution in [-0.4, -0.2) is 40.3 Å². The second-order valence-electron chi connectivity index (χ2n) is 9.57. The average molecular weight is 411 g/mol. The molecule has 0 aromatic carbocycles. The van der Waals surface area contributed by atoms with Crippen molar-refractivity contribution in [1.29, 1.82) is 0 Å². The first kappa shape index (κ1) is 23.5. The molecule has 2 aromatic rings. The maximum atomic E-state index is 12.4. The molecule has 0 aliphatic rings. The Morgan fingerprint density at radius 1 is 0.933 bits per heavy atom. The summed E-state index contributed by atoms with van der Waals surface area (Å²) in [4.78, 5) is 34.5. The molecule has 0 unspecified atom stereocenters. The molecule has 2 amide bonds. The first-order valence-corrected chi connectivity index (χ1v) is 10.3. The maximum absolute atomic E-state index is 12.4. The molecular formula is C24H34N4O2. The van der Waals surface area contributed by atoms with Crippen molar-refractivity contribution in [2.24, 2.45) is 0 Å². The van der Waals surface area contributed by atoms with Gasteiger partial charge in [0, 0.05) is 61.7 Å². The summed E-state index contributed by atoms with van der Waals surface area (Å²) in [6.45, 7) is 13.0. The number of carbonyl (C=O) groups excluding carboxylic acids is 2. The van der Waals surface area contributed by atoms with Gasteiger partial charge in [-0.1, -0.05) is 46.8 Å². The molecule has 0 aliphatic heterocycles. The van der Waals surface area contributed by atoms with Crippen molar-refractivity contribution in [2.45, 2.75) is 65.3 Å². The number of hydrogen-bond donors (Lipinski definition) is 1. The Hall–Kier alpha value is -2.76. The van der Waals surface area contributed by atoms with Crippen LogP contribution in [0, 0.1) is 0 Å². The van der Waals surface area contributed by atoms with Crippen LogP contribution < -0.4 is 5.32 Å². The van der Waals surface area contributed by atoms with Crippen LogP contribution in [0.25, 0.3) is 0 Å². The lowest BCUT2D eigenvalue weighted by Gasteiger charge is -2.25. The quantitative estimate of drug-likeness (QED) is 0.759.